The Hall–Kier alpha value is -0.480. The van der Waals surface area contributed by atoms with Crippen LogP contribution in [0.1, 0.15) is 80.1 Å². The molecule has 1 fully saturated rings. The molecule has 4 heteroatoms. The Balaban J connectivity index is 2.73. The van der Waals surface area contributed by atoms with E-state index in [1.807, 2.05) is 34.6 Å². The van der Waals surface area contributed by atoms with Gasteiger partial charge >= 0.3 is 0 Å². The van der Waals surface area contributed by atoms with E-state index in [2.05, 4.69) is 17.2 Å². The minimum absolute atomic E-state index is 0.173. The summed E-state index contributed by atoms with van der Waals surface area (Å²) in [7, 11) is 0. The second-order valence-corrected chi connectivity index (χ2v) is 7.16. The molecule has 0 aromatic heterocycles. The lowest BCUT2D eigenvalue weighted by molar-refractivity contribution is -0.412. The van der Waals surface area contributed by atoms with Crippen molar-refractivity contribution in [2.45, 2.75) is 96.9 Å². The van der Waals surface area contributed by atoms with Gasteiger partial charge in [0.1, 0.15) is 0 Å². The maximum Gasteiger partial charge on any atom is 0.212 e. The molecule has 0 amide bonds. The maximum atomic E-state index is 5.76. The van der Waals surface area contributed by atoms with Crippen molar-refractivity contribution in [3.63, 3.8) is 0 Å². The second-order valence-electron chi connectivity index (χ2n) is 7.16. The van der Waals surface area contributed by atoms with Gasteiger partial charge in [0.25, 0.3) is 0 Å². The third-order valence-electron chi connectivity index (χ3n) is 3.44. The molecule has 0 bridgehead atoms. The van der Waals surface area contributed by atoms with Gasteiger partial charge in [-0.3, -0.25) is 0 Å². The summed E-state index contributed by atoms with van der Waals surface area (Å²) in [5.74, 6) is 0. The molecule has 1 saturated carbocycles. The maximum absolute atomic E-state index is 5.76. The van der Waals surface area contributed by atoms with E-state index in [1.165, 1.54) is 6.42 Å². The van der Waals surface area contributed by atoms with Gasteiger partial charge in [0, 0.05) is 12.8 Å². The van der Waals surface area contributed by atoms with Gasteiger partial charge in [0.2, 0.25) is 5.72 Å². The van der Waals surface area contributed by atoms with Crippen molar-refractivity contribution in [3.8, 4) is 0 Å². The Kier molecular flexibility index (Phi) is 5.51. The Morgan fingerprint density at radius 1 is 1.00 bits per heavy atom. The number of azo groups is 1. The van der Waals surface area contributed by atoms with Crippen LogP contribution in [0.2, 0.25) is 0 Å². The van der Waals surface area contributed by atoms with E-state index in [0.717, 1.165) is 32.1 Å². The van der Waals surface area contributed by atoms with Crippen LogP contribution in [0.15, 0.2) is 10.2 Å². The summed E-state index contributed by atoms with van der Waals surface area (Å²) in [5, 5.41) is 8.90. The predicted molar refractivity (Wildman–Crippen MR) is 77.0 cm³/mol. The molecule has 1 rings (SSSR count). The third kappa shape index (κ3) is 6.00. The molecule has 4 nitrogen and oxygen atoms in total. The van der Waals surface area contributed by atoms with Gasteiger partial charge in [-0.2, -0.15) is 10.2 Å². The van der Waals surface area contributed by atoms with E-state index in [0.29, 0.717) is 0 Å². The molecule has 19 heavy (non-hydrogen) atoms. The molecule has 0 heterocycles. The van der Waals surface area contributed by atoms with E-state index in [9.17, 15) is 0 Å². The molecule has 0 N–H and O–H groups in total. The highest BCUT2D eigenvalue weighted by Gasteiger charge is 2.37. The summed E-state index contributed by atoms with van der Waals surface area (Å²) in [6.45, 7) is 12.3. The van der Waals surface area contributed by atoms with Gasteiger partial charge in [-0.15, -0.1) is 0 Å². The molecule has 0 aromatic rings. The molecular weight excluding hydrogens is 240 g/mol. The highest BCUT2D eigenvalue weighted by molar-refractivity contribution is 4.81. The van der Waals surface area contributed by atoms with Crippen molar-refractivity contribution in [1.29, 1.82) is 0 Å². The van der Waals surface area contributed by atoms with E-state index < -0.39 is 5.72 Å². The lowest BCUT2D eigenvalue weighted by Gasteiger charge is -2.34. The molecule has 0 spiro atoms. The van der Waals surface area contributed by atoms with Crippen molar-refractivity contribution >= 4 is 0 Å². The first-order chi connectivity index (χ1) is 8.68. The molecule has 0 aliphatic heterocycles. The van der Waals surface area contributed by atoms with Crippen molar-refractivity contribution in [2.24, 2.45) is 10.2 Å². The number of hydrogen-bond donors (Lipinski definition) is 0. The first-order valence-corrected chi connectivity index (χ1v) is 7.49. The van der Waals surface area contributed by atoms with Crippen LogP contribution in [-0.2, 0) is 9.78 Å². The normalized spacial score (nSPS) is 20.9. The Labute approximate surface area is 117 Å². The van der Waals surface area contributed by atoms with Crippen LogP contribution in [0.25, 0.3) is 0 Å². The van der Waals surface area contributed by atoms with Crippen LogP contribution in [0.3, 0.4) is 0 Å². The number of hydrogen-bond acceptors (Lipinski definition) is 4. The zero-order chi connectivity index (χ0) is 14.6. The fraction of sp³-hybridized carbons (Fsp3) is 1.00. The summed E-state index contributed by atoms with van der Waals surface area (Å²) in [5.41, 5.74) is -1.02. The summed E-state index contributed by atoms with van der Waals surface area (Å²) in [6.07, 6.45) is 6.18. The molecular formula is C15H30N2O2. The first-order valence-electron chi connectivity index (χ1n) is 7.49. The standard InChI is InChI=1S/C15H30N2O2/c1-7-14(5,6)18-19-15(11-9-8-10-12-15)17-16-13(2,3)4/h7-12H2,1-6H3. The van der Waals surface area contributed by atoms with Gasteiger partial charge < -0.3 is 0 Å². The minimum atomic E-state index is -0.571. The highest BCUT2D eigenvalue weighted by atomic mass is 17.2. The van der Waals surface area contributed by atoms with Crippen LogP contribution >= 0.6 is 0 Å². The first kappa shape index (κ1) is 16.6. The lowest BCUT2D eigenvalue weighted by atomic mass is 9.92. The molecule has 112 valence electrons. The highest BCUT2D eigenvalue weighted by Crippen LogP contribution is 2.35. The van der Waals surface area contributed by atoms with Crippen molar-refractivity contribution in [1.82, 2.24) is 0 Å². The zero-order valence-corrected chi connectivity index (χ0v) is 13.5. The van der Waals surface area contributed by atoms with Crippen LogP contribution < -0.4 is 0 Å². The van der Waals surface area contributed by atoms with E-state index in [1.54, 1.807) is 0 Å². The van der Waals surface area contributed by atoms with Gasteiger partial charge in [-0.05, 0) is 53.9 Å². The molecule has 1 aliphatic rings. The summed E-state index contributed by atoms with van der Waals surface area (Å²) in [4.78, 5) is 11.4. The Morgan fingerprint density at radius 3 is 2.05 bits per heavy atom. The molecule has 0 radical (unpaired) electrons. The number of nitrogens with zero attached hydrogens (tertiary/aromatic N) is 2. The molecule has 0 unspecified atom stereocenters. The third-order valence-corrected chi connectivity index (χ3v) is 3.44. The minimum Gasteiger partial charge on any atom is -0.228 e. The average molecular weight is 270 g/mol. The SMILES string of the molecule is CCC(C)(C)OOC1(N=NC(C)(C)C)CCCCC1. The van der Waals surface area contributed by atoms with Gasteiger partial charge in [0.15, 0.2) is 0 Å². The largest absolute Gasteiger partial charge is 0.228 e. The second kappa shape index (κ2) is 6.31. The zero-order valence-electron chi connectivity index (χ0n) is 13.5. The van der Waals surface area contributed by atoms with Crippen LogP contribution in [0, 0.1) is 0 Å². The monoisotopic (exact) mass is 270 g/mol. The molecule has 0 saturated heterocycles. The van der Waals surface area contributed by atoms with Crippen LogP contribution in [-0.4, -0.2) is 16.9 Å². The molecule has 1 aliphatic carbocycles. The summed E-state index contributed by atoms with van der Waals surface area (Å²) in [6, 6.07) is 0. The predicted octanol–water partition coefficient (Wildman–Crippen LogP) is 5.03. The van der Waals surface area contributed by atoms with Crippen LogP contribution in [0.4, 0.5) is 0 Å². The van der Waals surface area contributed by atoms with E-state index >= 15 is 0 Å². The van der Waals surface area contributed by atoms with Gasteiger partial charge in [-0.25, -0.2) is 9.78 Å². The fourth-order valence-electron chi connectivity index (χ4n) is 1.79. The lowest BCUT2D eigenvalue weighted by Crippen LogP contribution is -2.37. The van der Waals surface area contributed by atoms with Crippen molar-refractivity contribution in [2.75, 3.05) is 0 Å². The van der Waals surface area contributed by atoms with E-state index in [-0.39, 0.29) is 11.1 Å². The number of rotatable bonds is 5. The van der Waals surface area contributed by atoms with E-state index in [4.69, 9.17) is 9.78 Å². The average Bonchev–Trinajstić information content (AvgIpc) is 2.35. The molecule has 0 atom stereocenters. The van der Waals surface area contributed by atoms with Crippen molar-refractivity contribution in [3.05, 3.63) is 0 Å². The molecule has 0 aromatic carbocycles. The Morgan fingerprint density at radius 2 is 1.58 bits per heavy atom. The Bertz CT molecular complexity index is 300. The quantitative estimate of drug-likeness (QED) is 0.399. The van der Waals surface area contributed by atoms with Gasteiger partial charge in [-0.1, -0.05) is 13.3 Å². The summed E-state index contributed by atoms with van der Waals surface area (Å²) < 4.78 is 0. The van der Waals surface area contributed by atoms with Gasteiger partial charge in [0.05, 0.1) is 11.1 Å². The fourth-order valence-corrected chi connectivity index (χ4v) is 1.79. The smallest absolute Gasteiger partial charge is 0.212 e. The summed E-state index contributed by atoms with van der Waals surface area (Å²) >= 11 is 0. The topological polar surface area (TPSA) is 43.2 Å². The van der Waals surface area contributed by atoms with Crippen LogP contribution in [0.5, 0.6) is 0 Å². The van der Waals surface area contributed by atoms with Crippen molar-refractivity contribution < 1.29 is 9.78 Å².